The van der Waals surface area contributed by atoms with Crippen molar-refractivity contribution in [2.75, 3.05) is 0 Å². The molecule has 108 valence electrons. The Balaban J connectivity index is 0.00000147. The van der Waals surface area contributed by atoms with Crippen LogP contribution in [0.5, 0.6) is 0 Å². The van der Waals surface area contributed by atoms with Gasteiger partial charge in [-0.2, -0.15) is 4.98 Å². The molecule has 7 heteroatoms. The molecule has 0 radical (unpaired) electrons. The first-order valence-corrected chi connectivity index (χ1v) is 7.33. The van der Waals surface area contributed by atoms with Gasteiger partial charge in [0, 0.05) is 15.1 Å². The van der Waals surface area contributed by atoms with Gasteiger partial charge in [-0.3, -0.25) is 0 Å². The highest BCUT2D eigenvalue weighted by molar-refractivity contribution is 9.10. The van der Waals surface area contributed by atoms with Gasteiger partial charge in [0.1, 0.15) is 0 Å². The quantitative estimate of drug-likeness (QED) is 0.845. The van der Waals surface area contributed by atoms with Crippen molar-refractivity contribution in [2.45, 2.75) is 31.2 Å². The van der Waals surface area contributed by atoms with E-state index in [9.17, 15) is 0 Å². The van der Waals surface area contributed by atoms with E-state index in [1.807, 2.05) is 12.1 Å². The van der Waals surface area contributed by atoms with Crippen LogP contribution in [0.4, 0.5) is 0 Å². The number of aromatic nitrogens is 2. The maximum Gasteiger partial charge on any atom is 0.258 e. The minimum Gasteiger partial charge on any atom is -0.334 e. The Morgan fingerprint density at radius 1 is 1.25 bits per heavy atom. The summed E-state index contributed by atoms with van der Waals surface area (Å²) in [6.07, 6.45) is 4.04. The summed E-state index contributed by atoms with van der Waals surface area (Å²) in [4.78, 5) is 4.43. The second-order valence-corrected chi connectivity index (χ2v) is 6.30. The van der Waals surface area contributed by atoms with Crippen LogP contribution in [-0.4, -0.2) is 10.1 Å². The van der Waals surface area contributed by atoms with Gasteiger partial charge >= 0.3 is 0 Å². The predicted octanol–water partition coefficient (Wildman–Crippen LogP) is 4.30. The van der Waals surface area contributed by atoms with Crippen molar-refractivity contribution in [3.63, 3.8) is 0 Å². The highest BCUT2D eigenvalue weighted by atomic mass is 79.9. The summed E-state index contributed by atoms with van der Waals surface area (Å²) in [6, 6.07) is 5.49. The zero-order chi connectivity index (χ0) is 13.5. The van der Waals surface area contributed by atoms with Crippen molar-refractivity contribution < 1.29 is 4.52 Å². The molecule has 1 fully saturated rings. The molecule has 1 aromatic heterocycles. The number of nitrogens with zero attached hydrogens (tertiary/aromatic N) is 2. The van der Waals surface area contributed by atoms with E-state index in [0.717, 1.165) is 35.7 Å². The summed E-state index contributed by atoms with van der Waals surface area (Å²) >= 11 is 9.41. The van der Waals surface area contributed by atoms with Gasteiger partial charge in [0.15, 0.2) is 5.82 Å². The molecule has 1 aromatic carbocycles. The number of rotatable bonds is 2. The monoisotopic (exact) mass is 377 g/mol. The topological polar surface area (TPSA) is 64.9 Å². The van der Waals surface area contributed by atoms with Crippen molar-refractivity contribution >= 4 is 39.9 Å². The van der Waals surface area contributed by atoms with Crippen LogP contribution >= 0.6 is 39.9 Å². The molecule has 0 spiro atoms. The largest absolute Gasteiger partial charge is 0.334 e. The molecule has 2 aromatic rings. The van der Waals surface area contributed by atoms with Gasteiger partial charge in [-0.1, -0.05) is 45.5 Å². The molecule has 1 heterocycles. The normalized spacial score (nSPS) is 16.9. The summed E-state index contributed by atoms with van der Waals surface area (Å²) < 4.78 is 6.19. The average molecular weight is 379 g/mol. The van der Waals surface area contributed by atoms with Gasteiger partial charge in [-0.15, -0.1) is 12.4 Å². The van der Waals surface area contributed by atoms with E-state index >= 15 is 0 Å². The fraction of sp³-hybridized carbons (Fsp3) is 0.385. The standard InChI is InChI=1S/C13H13BrClN3O.ClH/c14-9-5-8(6-10(15)7-9)11-17-12(18-19-11)13(16)3-1-2-4-13;/h5-7H,1-4,16H2;1H. The second-order valence-electron chi connectivity index (χ2n) is 4.94. The zero-order valence-corrected chi connectivity index (χ0v) is 13.8. The molecule has 0 aliphatic heterocycles. The summed E-state index contributed by atoms with van der Waals surface area (Å²) in [5, 5.41) is 4.65. The molecule has 1 aliphatic rings. The Morgan fingerprint density at radius 3 is 2.60 bits per heavy atom. The minimum absolute atomic E-state index is 0. The Bertz CT molecular complexity index is 591. The predicted molar refractivity (Wildman–Crippen MR) is 84.0 cm³/mol. The molecular weight excluding hydrogens is 365 g/mol. The van der Waals surface area contributed by atoms with Crippen LogP contribution in [0, 0.1) is 0 Å². The third-order valence-electron chi connectivity index (χ3n) is 3.48. The van der Waals surface area contributed by atoms with E-state index < -0.39 is 5.54 Å². The Labute approximate surface area is 136 Å². The minimum atomic E-state index is -0.433. The maximum absolute atomic E-state index is 6.31. The first kappa shape index (κ1) is 15.8. The fourth-order valence-electron chi connectivity index (χ4n) is 2.45. The van der Waals surface area contributed by atoms with Gasteiger partial charge in [-0.25, -0.2) is 0 Å². The molecule has 3 rings (SSSR count). The number of nitrogens with two attached hydrogens (primary N) is 1. The number of halogens is 3. The molecule has 2 N–H and O–H groups in total. The highest BCUT2D eigenvalue weighted by Gasteiger charge is 2.36. The van der Waals surface area contributed by atoms with E-state index in [0.29, 0.717) is 16.7 Å². The molecule has 0 bridgehead atoms. The molecule has 0 atom stereocenters. The van der Waals surface area contributed by atoms with Crippen molar-refractivity contribution in [2.24, 2.45) is 5.73 Å². The first-order chi connectivity index (χ1) is 9.07. The van der Waals surface area contributed by atoms with E-state index in [2.05, 4.69) is 26.1 Å². The van der Waals surface area contributed by atoms with Gasteiger partial charge in [0.05, 0.1) is 5.54 Å². The van der Waals surface area contributed by atoms with Crippen molar-refractivity contribution in [1.82, 2.24) is 10.1 Å². The molecule has 20 heavy (non-hydrogen) atoms. The first-order valence-electron chi connectivity index (χ1n) is 6.16. The van der Waals surface area contributed by atoms with Crippen molar-refractivity contribution in [1.29, 1.82) is 0 Å². The lowest BCUT2D eigenvalue weighted by atomic mass is 9.99. The molecule has 0 saturated heterocycles. The van der Waals surface area contributed by atoms with Crippen molar-refractivity contribution in [3.05, 3.63) is 33.5 Å². The van der Waals surface area contributed by atoms with E-state index in [1.54, 1.807) is 6.07 Å². The summed E-state index contributed by atoms with van der Waals surface area (Å²) in [5.41, 5.74) is 6.67. The Kier molecular flexibility index (Phi) is 4.74. The van der Waals surface area contributed by atoms with E-state index in [4.69, 9.17) is 21.9 Å². The van der Waals surface area contributed by atoms with Crippen LogP contribution in [0.25, 0.3) is 11.5 Å². The third-order valence-corrected chi connectivity index (χ3v) is 4.15. The second kappa shape index (κ2) is 6.02. The summed E-state index contributed by atoms with van der Waals surface area (Å²) in [7, 11) is 0. The average Bonchev–Trinajstić information content (AvgIpc) is 2.96. The van der Waals surface area contributed by atoms with Crippen LogP contribution in [-0.2, 0) is 5.54 Å². The van der Waals surface area contributed by atoms with Crippen LogP contribution in [0.2, 0.25) is 5.02 Å². The summed E-state index contributed by atoms with van der Waals surface area (Å²) in [5.74, 6) is 1.05. The Morgan fingerprint density at radius 2 is 1.95 bits per heavy atom. The van der Waals surface area contributed by atoms with Crippen molar-refractivity contribution in [3.8, 4) is 11.5 Å². The van der Waals surface area contributed by atoms with E-state index in [-0.39, 0.29) is 12.4 Å². The van der Waals surface area contributed by atoms with Gasteiger partial charge in [0.2, 0.25) is 0 Å². The van der Waals surface area contributed by atoms with Crippen LogP contribution < -0.4 is 5.73 Å². The van der Waals surface area contributed by atoms with Gasteiger partial charge < -0.3 is 10.3 Å². The number of hydrogen-bond acceptors (Lipinski definition) is 4. The third kappa shape index (κ3) is 3.01. The number of hydrogen-bond donors (Lipinski definition) is 1. The highest BCUT2D eigenvalue weighted by Crippen LogP contribution is 2.36. The lowest BCUT2D eigenvalue weighted by molar-refractivity contribution is 0.372. The number of benzene rings is 1. The maximum atomic E-state index is 6.31. The SMILES string of the molecule is Cl.NC1(c2noc(-c3cc(Cl)cc(Br)c3)n2)CCCC1. The molecular formula is C13H14BrCl2N3O. The van der Waals surface area contributed by atoms with Crippen LogP contribution in [0.3, 0.4) is 0 Å². The lowest BCUT2D eigenvalue weighted by Crippen LogP contribution is -2.34. The Hall–Kier alpha value is -0.620. The van der Waals surface area contributed by atoms with Crippen LogP contribution in [0.15, 0.2) is 27.2 Å². The fourth-order valence-corrected chi connectivity index (χ4v) is 3.31. The molecule has 4 nitrogen and oxygen atoms in total. The molecule has 0 amide bonds. The summed E-state index contributed by atoms with van der Waals surface area (Å²) in [6.45, 7) is 0. The lowest BCUT2D eigenvalue weighted by Gasteiger charge is -2.17. The van der Waals surface area contributed by atoms with Gasteiger partial charge in [-0.05, 0) is 31.0 Å². The van der Waals surface area contributed by atoms with Crippen LogP contribution in [0.1, 0.15) is 31.5 Å². The zero-order valence-electron chi connectivity index (χ0n) is 10.6. The molecule has 0 unspecified atom stereocenters. The molecule has 1 saturated carbocycles. The molecule has 1 aliphatic carbocycles. The van der Waals surface area contributed by atoms with E-state index in [1.165, 1.54) is 0 Å². The van der Waals surface area contributed by atoms with Gasteiger partial charge in [0.25, 0.3) is 5.89 Å². The smallest absolute Gasteiger partial charge is 0.258 e.